The van der Waals surface area contributed by atoms with E-state index in [0.717, 1.165) is 65.6 Å². The van der Waals surface area contributed by atoms with E-state index in [1.807, 2.05) is 58.0 Å². The smallest absolute Gasteiger partial charge is 0.251 e. The van der Waals surface area contributed by atoms with E-state index < -0.39 is 0 Å². The number of aromatic nitrogens is 6. The summed E-state index contributed by atoms with van der Waals surface area (Å²) in [7, 11) is 0. The number of benzene rings is 1. The Morgan fingerprint density at radius 2 is 1.69 bits per heavy atom. The number of hydrogen-bond acceptors (Lipinski definition) is 6. The molecule has 0 saturated carbocycles. The number of rotatable bonds is 9. The first-order valence-electron chi connectivity index (χ1n) is 12.2. The Labute approximate surface area is 206 Å². The summed E-state index contributed by atoms with van der Waals surface area (Å²) in [6, 6.07) is 9.91. The van der Waals surface area contributed by atoms with Crippen LogP contribution >= 0.6 is 0 Å². The summed E-state index contributed by atoms with van der Waals surface area (Å²) in [5.41, 5.74) is 6.16. The van der Waals surface area contributed by atoms with Gasteiger partial charge in [0.2, 0.25) is 11.9 Å². The first-order valence-corrected chi connectivity index (χ1v) is 12.2. The van der Waals surface area contributed by atoms with Gasteiger partial charge in [0.25, 0.3) is 5.95 Å². The van der Waals surface area contributed by atoms with Gasteiger partial charge in [0, 0.05) is 35.7 Å². The molecule has 4 rings (SSSR count). The van der Waals surface area contributed by atoms with Crippen LogP contribution in [0.2, 0.25) is 0 Å². The summed E-state index contributed by atoms with van der Waals surface area (Å²) in [5.74, 6) is 0.966. The average Bonchev–Trinajstić information content (AvgIpc) is 3.30. The van der Waals surface area contributed by atoms with Crippen LogP contribution in [-0.2, 0) is 17.8 Å². The molecule has 1 aromatic carbocycles. The highest BCUT2D eigenvalue weighted by Gasteiger charge is 2.20. The normalized spacial score (nSPS) is 11.5. The molecule has 0 saturated heterocycles. The van der Waals surface area contributed by atoms with E-state index in [1.54, 1.807) is 4.68 Å². The molecule has 9 heteroatoms. The first-order chi connectivity index (χ1) is 16.8. The van der Waals surface area contributed by atoms with Crippen LogP contribution < -0.4 is 5.32 Å². The summed E-state index contributed by atoms with van der Waals surface area (Å²) in [6.07, 6.45) is 0.196. The van der Waals surface area contributed by atoms with Crippen molar-refractivity contribution in [3.05, 3.63) is 58.7 Å². The number of amides is 1. The topological polar surface area (TPSA) is 93.8 Å². The van der Waals surface area contributed by atoms with E-state index in [0.29, 0.717) is 11.9 Å². The van der Waals surface area contributed by atoms with Gasteiger partial charge in [-0.2, -0.15) is 5.10 Å². The van der Waals surface area contributed by atoms with Gasteiger partial charge < -0.3 is 9.47 Å². The highest BCUT2D eigenvalue weighted by atomic mass is 16.1. The van der Waals surface area contributed by atoms with Crippen molar-refractivity contribution in [1.82, 2.24) is 34.2 Å². The van der Waals surface area contributed by atoms with Gasteiger partial charge in [-0.1, -0.05) is 26.0 Å². The molecule has 4 aromatic rings. The minimum absolute atomic E-state index is 0.128. The molecule has 0 unspecified atom stereocenters. The van der Waals surface area contributed by atoms with E-state index in [4.69, 9.17) is 4.98 Å². The number of nitrogens with zero attached hydrogens (tertiary/aromatic N) is 7. The average molecular weight is 475 g/mol. The number of carbonyl (C=O) groups excluding carboxylic acids is 1. The Kier molecular flexibility index (Phi) is 7.25. The van der Waals surface area contributed by atoms with Crippen LogP contribution in [0.25, 0.3) is 17.0 Å². The number of aryl methyl sites for hydroxylation is 3. The zero-order valence-corrected chi connectivity index (χ0v) is 21.5. The number of nitrogens with one attached hydrogen (secondary N) is 1. The molecule has 0 radical (unpaired) electrons. The molecule has 3 heterocycles. The maximum absolute atomic E-state index is 13.2. The Morgan fingerprint density at radius 1 is 1.00 bits per heavy atom. The second kappa shape index (κ2) is 10.4. The molecule has 0 atom stereocenters. The predicted octanol–water partition coefficient (Wildman–Crippen LogP) is 3.77. The third kappa shape index (κ3) is 5.24. The standard InChI is InChI=1S/C26H34N8O/c1-7-32(8-2)13-14-33-23-12-10-9-11-22(23)29-25(33)30-24(35)16-21-19(5)31-34(20(21)6)26-27-17(3)15-18(4)28-26/h9-12,15H,7-8,13-14,16H2,1-6H3,(H,29,30,35). The number of carbonyl (C=O) groups is 1. The van der Waals surface area contributed by atoms with E-state index in [-0.39, 0.29) is 12.3 Å². The molecule has 1 amide bonds. The lowest BCUT2D eigenvalue weighted by atomic mass is 10.1. The van der Waals surface area contributed by atoms with Crippen molar-refractivity contribution in [1.29, 1.82) is 0 Å². The molecule has 0 aliphatic rings. The van der Waals surface area contributed by atoms with Crippen LogP contribution in [0.5, 0.6) is 0 Å². The Morgan fingerprint density at radius 3 is 2.37 bits per heavy atom. The van der Waals surface area contributed by atoms with E-state index in [1.165, 1.54) is 0 Å². The monoisotopic (exact) mass is 474 g/mol. The number of anilines is 1. The lowest BCUT2D eigenvalue weighted by molar-refractivity contribution is -0.115. The molecule has 0 aliphatic carbocycles. The largest absolute Gasteiger partial charge is 0.309 e. The van der Waals surface area contributed by atoms with Gasteiger partial charge >= 0.3 is 0 Å². The molecular weight excluding hydrogens is 440 g/mol. The summed E-state index contributed by atoms with van der Waals surface area (Å²) >= 11 is 0. The Hall–Kier alpha value is -3.59. The fraction of sp³-hybridized carbons (Fsp3) is 0.423. The van der Waals surface area contributed by atoms with Crippen LogP contribution in [0, 0.1) is 27.7 Å². The quantitative estimate of drug-likeness (QED) is 0.397. The fourth-order valence-electron chi connectivity index (χ4n) is 4.44. The van der Waals surface area contributed by atoms with Gasteiger partial charge in [-0.15, -0.1) is 0 Å². The lowest BCUT2D eigenvalue weighted by Gasteiger charge is -2.19. The van der Waals surface area contributed by atoms with Crippen molar-refractivity contribution in [3.8, 4) is 5.95 Å². The zero-order chi connectivity index (χ0) is 25.1. The van der Waals surface area contributed by atoms with E-state index in [9.17, 15) is 4.79 Å². The molecule has 0 spiro atoms. The molecule has 0 fully saturated rings. The minimum Gasteiger partial charge on any atom is -0.309 e. The summed E-state index contributed by atoms with van der Waals surface area (Å²) in [6.45, 7) is 15.6. The van der Waals surface area contributed by atoms with Crippen LogP contribution in [0.15, 0.2) is 30.3 Å². The lowest BCUT2D eigenvalue weighted by Crippen LogP contribution is -2.28. The number of hydrogen-bond donors (Lipinski definition) is 1. The molecule has 9 nitrogen and oxygen atoms in total. The van der Waals surface area contributed by atoms with Crippen molar-refractivity contribution >= 4 is 22.9 Å². The third-order valence-electron chi connectivity index (χ3n) is 6.38. The molecule has 184 valence electrons. The van der Waals surface area contributed by atoms with Gasteiger partial charge in [-0.25, -0.2) is 19.6 Å². The van der Waals surface area contributed by atoms with Crippen LogP contribution in [0.1, 0.15) is 42.2 Å². The summed E-state index contributed by atoms with van der Waals surface area (Å²) < 4.78 is 3.81. The number of imidazole rings is 1. The SMILES string of the molecule is CCN(CC)CCn1c(NC(=O)Cc2c(C)nn(-c3nc(C)cc(C)n3)c2C)nc2ccccc21. The second-order valence-electron chi connectivity index (χ2n) is 8.84. The van der Waals surface area contributed by atoms with Crippen molar-refractivity contribution in [3.63, 3.8) is 0 Å². The molecule has 3 aromatic heterocycles. The maximum Gasteiger partial charge on any atom is 0.251 e. The molecule has 35 heavy (non-hydrogen) atoms. The molecular formula is C26H34N8O. The number of likely N-dealkylation sites (N-methyl/N-ethyl adjacent to an activating group) is 1. The first kappa shape index (κ1) is 24.5. The van der Waals surface area contributed by atoms with Crippen LogP contribution in [-0.4, -0.2) is 59.7 Å². The van der Waals surface area contributed by atoms with E-state index >= 15 is 0 Å². The summed E-state index contributed by atoms with van der Waals surface area (Å²) in [5, 5.41) is 7.68. The van der Waals surface area contributed by atoms with Crippen molar-refractivity contribution in [2.45, 2.75) is 54.5 Å². The Balaban J connectivity index is 1.58. The molecule has 0 bridgehead atoms. The predicted molar refractivity (Wildman–Crippen MR) is 138 cm³/mol. The van der Waals surface area contributed by atoms with Crippen molar-refractivity contribution in [2.24, 2.45) is 0 Å². The second-order valence-corrected chi connectivity index (χ2v) is 8.84. The Bertz CT molecular complexity index is 1330. The number of para-hydroxylation sites is 2. The highest BCUT2D eigenvalue weighted by Crippen LogP contribution is 2.21. The number of fused-ring (bicyclic) bond motifs is 1. The van der Waals surface area contributed by atoms with Gasteiger partial charge in [0.1, 0.15) is 0 Å². The third-order valence-corrected chi connectivity index (χ3v) is 6.38. The van der Waals surface area contributed by atoms with Gasteiger partial charge in [0.15, 0.2) is 0 Å². The minimum atomic E-state index is -0.128. The van der Waals surface area contributed by atoms with Gasteiger partial charge in [-0.05, 0) is 59.0 Å². The summed E-state index contributed by atoms with van der Waals surface area (Å²) in [4.78, 5) is 29.3. The van der Waals surface area contributed by atoms with Gasteiger partial charge in [-0.3, -0.25) is 10.1 Å². The van der Waals surface area contributed by atoms with Crippen molar-refractivity contribution in [2.75, 3.05) is 25.0 Å². The molecule has 1 N–H and O–H groups in total. The van der Waals surface area contributed by atoms with Crippen LogP contribution in [0.4, 0.5) is 5.95 Å². The molecule has 0 aliphatic heterocycles. The maximum atomic E-state index is 13.2. The van der Waals surface area contributed by atoms with E-state index in [2.05, 4.69) is 43.7 Å². The fourth-order valence-corrected chi connectivity index (χ4v) is 4.44. The highest BCUT2D eigenvalue weighted by molar-refractivity contribution is 5.93. The van der Waals surface area contributed by atoms with Crippen LogP contribution in [0.3, 0.4) is 0 Å². The zero-order valence-electron chi connectivity index (χ0n) is 21.5. The van der Waals surface area contributed by atoms with Crippen molar-refractivity contribution < 1.29 is 4.79 Å². The van der Waals surface area contributed by atoms with Gasteiger partial charge in [0.05, 0.1) is 23.1 Å².